The van der Waals surface area contributed by atoms with Crippen molar-refractivity contribution in [3.8, 4) is 11.3 Å². The van der Waals surface area contributed by atoms with Crippen molar-refractivity contribution in [3.63, 3.8) is 0 Å². The van der Waals surface area contributed by atoms with Gasteiger partial charge in [-0.3, -0.25) is 4.99 Å². The smallest absolute Gasteiger partial charge is 0.354 e. The number of imidazole rings is 1. The number of guanidine groups is 1. The van der Waals surface area contributed by atoms with E-state index >= 15 is 0 Å². The number of anilines is 1. The Morgan fingerprint density at radius 3 is 2.56 bits per heavy atom. The Kier molecular flexibility index (Phi) is 9.23. The lowest BCUT2D eigenvalue weighted by Gasteiger charge is -2.21. The quantitative estimate of drug-likeness (QED) is 0.177. The average Bonchev–Trinajstić information content (AvgIpc) is 3.22. The van der Waals surface area contributed by atoms with Crippen LogP contribution in [0.25, 0.3) is 11.3 Å². The first-order valence-corrected chi connectivity index (χ1v) is 9.52. The third-order valence-electron chi connectivity index (χ3n) is 4.31. The molecule has 8 nitrogen and oxygen atoms in total. The Morgan fingerprint density at radius 2 is 1.88 bits per heavy atom. The van der Waals surface area contributed by atoms with Gasteiger partial charge in [-0.1, -0.05) is 30.3 Å². The van der Waals surface area contributed by atoms with Gasteiger partial charge >= 0.3 is 6.18 Å². The van der Waals surface area contributed by atoms with Crippen LogP contribution >= 0.6 is 24.0 Å². The molecule has 0 bridgehead atoms. The van der Waals surface area contributed by atoms with Crippen LogP contribution in [0.5, 0.6) is 0 Å². The standard InChI is InChI=1S/C20H23F3N8.HI/c1-24-19(27-11-10-26-18-25-9-8-16(30-18)20(21,22)23)31(2)13-17-28-12-15(29-17)14-6-4-3-5-7-14;/h3-9,12H,10-11,13H2,1-2H3,(H,24,27)(H,28,29)(H,25,26,30);1H. The molecule has 3 aromatic rings. The fourth-order valence-electron chi connectivity index (χ4n) is 2.84. The van der Waals surface area contributed by atoms with Gasteiger partial charge in [-0.25, -0.2) is 15.0 Å². The Balaban J connectivity index is 0.00000363. The van der Waals surface area contributed by atoms with Crippen LogP contribution in [0, 0.1) is 0 Å². The van der Waals surface area contributed by atoms with Gasteiger partial charge in [-0.2, -0.15) is 13.2 Å². The maximum absolute atomic E-state index is 12.7. The minimum absolute atomic E-state index is 0. The highest BCUT2D eigenvalue weighted by atomic mass is 127. The minimum atomic E-state index is -4.51. The first-order valence-electron chi connectivity index (χ1n) is 9.52. The molecule has 172 valence electrons. The van der Waals surface area contributed by atoms with Crippen molar-refractivity contribution in [3.05, 3.63) is 60.3 Å². The van der Waals surface area contributed by atoms with Gasteiger partial charge in [0.1, 0.15) is 11.5 Å². The van der Waals surface area contributed by atoms with Gasteiger partial charge in [0.25, 0.3) is 0 Å². The number of H-pyrrole nitrogens is 1. The molecule has 0 amide bonds. The maximum Gasteiger partial charge on any atom is 0.433 e. The number of halogens is 4. The topological polar surface area (TPSA) is 94.1 Å². The van der Waals surface area contributed by atoms with Crippen molar-refractivity contribution in [2.75, 3.05) is 32.5 Å². The summed E-state index contributed by atoms with van der Waals surface area (Å²) in [6.07, 6.45) is -1.65. The van der Waals surface area contributed by atoms with E-state index in [4.69, 9.17) is 0 Å². The molecule has 32 heavy (non-hydrogen) atoms. The lowest BCUT2D eigenvalue weighted by atomic mass is 10.2. The molecule has 0 saturated carbocycles. The van der Waals surface area contributed by atoms with Crippen molar-refractivity contribution in [2.24, 2.45) is 4.99 Å². The van der Waals surface area contributed by atoms with Crippen LogP contribution < -0.4 is 10.6 Å². The van der Waals surface area contributed by atoms with E-state index in [-0.39, 0.29) is 29.9 Å². The van der Waals surface area contributed by atoms with Gasteiger partial charge in [-0.15, -0.1) is 24.0 Å². The zero-order valence-electron chi connectivity index (χ0n) is 17.5. The predicted molar refractivity (Wildman–Crippen MR) is 128 cm³/mol. The van der Waals surface area contributed by atoms with Crippen molar-refractivity contribution in [1.29, 1.82) is 0 Å². The minimum Gasteiger partial charge on any atom is -0.354 e. The summed E-state index contributed by atoms with van der Waals surface area (Å²) in [7, 11) is 3.52. The zero-order chi connectivity index (χ0) is 22.3. The Morgan fingerprint density at radius 1 is 1.12 bits per heavy atom. The fraction of sp³-hybridized carbons (Fsp3) is 0.300. The summed E-state index contributed by atoms with van der Waals surface area (Å²) in [4.78, 5) is 21.1. The van der Waals surface area contributed by atoms with Crippen molar-refractivity contribution < 1.29 is 13.2 Å². The number of aliphatic imine (C=N–C) groups is 1. The van der Waals surface area contributed by atoms with Crippen LogP contribution in [0.3, 0.4) is 0 Å². The fourth-order valence-corrected chi connectivity index (χ4v) is 2.84. The summed E-state index contributed by atoms with van der Waals surface area (Å²) < 4.78 is 38.1. The summed E-state index contributed by atoms with van der Waals surface area (Å²) in [6.45, 7) is 1.22. The number of hydrogen-bond acceptors (Lipinski definition) is 5. The largest absolute Gasteiger partial charge is 0.433 e. The molecular formula is C20H24F3IN8. The number of rotatable bonds is 7. The molecule has 3 rings (SSSR count). The number of benzene rings is 1. The number of nitrogens with zero attached hydrogens (tertiary/aromatic N) is 5. The van der Waals surface area contributed by atoms with Crippen LogP contribution in [0.1, 0.15) is 11.5 Å². The van der Waals surface area contributed by atoms with Crippen LogP contribution in [0.15, 0.2) is 53.8 Å². The van der Waals surface area contributed by atoms with Gasteiger partial charge in [0.2, 0.25) is 5.95 Å². The summed E-state index contributed by atoms with van der Waals surface area (Å²) >= 11 is 0. The molecule has 0 saturated heterocycles. The van der Waals surface area contributed by atoms with Gasteiger partial charge in [0.15, 0.2) is 5.96 Å². The number of aromatic nitrogens is 4. The molecule has 0 spiro atoms. The Labute approximate surface area is 200 Å². The molecule has 3 N–H and O–H groups in total. The molecule has 12 heteroatoms. The zero-order valence-corrected chi connectivity index (χ0v) is 19.8. The molecule has 0 aliphatic carbocycles. The molecule has 0 aliphatic heterocycles. The molecule has 0 aliphatic rings. The molecular weight excluding hydrogens is 536 g/mol. The second-order valence-electron chi connectivity index (χ2n) is 6.63. The SMILES string of the molecule is CN=C(NCCNc1nccc(C(F)(F)F)n1)N(C)Cc1ncc(-c2ccccc2)[nH]1.I. The van der Waals surface area contributed by atoms with E-state index in [1.165, 1.54) is 0 Å². The summed E-state index contributed by atoms with van der Waals surface area (Å²) in [6, 6.07) is 10.7. The third-order valence-corrected chi connectivity index (χ3v) is 4.31. The summed E-state index contributed by atoms with van der Waals surface area (Å²) in [5.74, 6) is 1.31. The molecule has 0 radical (unpaired) electrons. The van der Waals surface area contributed by atoms with E-state index in [1.54, 1.807) is 13.2 Å². The highest BCUT2D eigenvalue weighted by Gasteiger charge is 2.32. The Hall–Kier alpha value is -2.90. The molecule has 1 aromatic carbocycles. The van der Waals surface area contributed by atoms with Gasteiger partial charge in [0.05, 0.1) is 18.4 Å². The van der Waals surface area contributed by atoms with Gasteiger partial charge in [-0.05, 0) is 11.6 Å². The monoisotopic (exact) mass is 560 g/mol. The second-order valence-corrected chi connectivity index (χ2v) is 6.63. The van der Waals surface area contributed by atoms with Crippen molar-refractivity contribution >= 4 is 35.9 Å². The first kappa shape index (κ1) is 25.4. The molecule has 0 fully saturated rings. The summed E-state index contributed by atoms with van der Waals surface area (Å²) in [5.41, 5.74) is 0.994. The molecule has 0 unspecified atom stereocenters. The third kappa shape index (κ3) is 7.07. The molecule has 2 heterocycles. The van der Waals surface area contributed by atoms with E-state index in [0.29, 0.717) is 25.6 Å². The predicted octanol–water partition coefficient (Wildman–Crippen LogP) is 3.62. The number of hydrogen-bond donors (Lipinski definition) is 3. The van der Waals surface area contributed by atoms with Crippen LogP contribution in [0.2, 0.25) is 0 Å². The normalized spacial score (nSPS) is 11.6. The molecule has 2 aromatic heterocycles. The van der Waals surface area contributed by atoms with E-state index in [9.17, 15) is 13.2 Å². The van der Waals surface area contributed by atoms with Crippen molar-refractivity contribution in [1.82, 2.24) is 30.2 Å². The van der Waals surface area contributed by atoms with Crippen molar-refractivity contribution in [2.45, 2.75) is 12.7 Å². The van der Waals surface area contributed by atoms with E-state index < -0.39 is 11.9 Å². The van der Waals surface area contributed by atoms with Crippen LogP contribution in [0.4, 0.5) is 19.1 Å². The van der Waals surface area contributed by atoms with Crippen LogP contribution in [-0.2, 0) is 12.7 Å². The maximum atomic E-state index is 12.7. The number of alkyl halides is 3. The van der Waals surface area contributed by atoms with Crippen LogP contribution in [-0.4, -0.2) is 58.0 Å². The molecule has 0 atom stereocenters. The Bertz CT molecular complexity index is 1010. The summed E-state index contributed by atoms with van der Waals surface area (Å²) in [5, 5.41) is 5.91. The van der Waals surface area contributed by atoms with E-state index in [2.05, 4.69) is 35.6 Å². The average molecular weight is 560 g/mol. The highest BCUT2D eigenvalue weighted by Crippen LogP contribution is 2.27. The second kappa shape index (κ2) is 11.6. The van der Waals surface area contributed by atoms with E-state index in [1.807, 2.05) is 42.3 Å². The van der Waals surface area contributed by atoms with Gasteiger partial charge < -0.3 is 20.5 Å². The lowest BCUT2D eigenvalue weighted by Crippen LogP contribution is -2.40. The number of nitrogens with one attached hydrogen (secondary N) is 3. The highest BCUT2D eigenvalue weighted by molar-refractivity contribution is 14.0. The van der Waals surface area contributed by atoms with E-state index in [0.717, 1.165) is 29.3 Å². The number of aromatic amines is 1. The first-order chi connectivity index (χ1) is 14.9. The lowest BCUT2D eigenvalue weighted by molar-refractivity contribution is -0.141. The van der Waals surface area contributed by atoms with Gasteiger partial charge in [0, 0.05) is 33.4 Å².